The Bertz CT molecular complexity index is 1380. The van der Waals surface area contributed by atoms with Gasteiger partial charge in [0.25, 0.3) is 0 Å². The summed E-state index contributed by atoms with van der Waals surface area (Å²) in [6.45, 7) is 8.02. The van der Waals surface area contributed by atoms with E-state index >= 15 is 0 Å². The van der Waals surface area contributed by atoms with Crippen molar-refractivity contribution in [1.82, 2.24) is 30.3 Å². The lowest BCUT2D eigenvalue weighted by molar-refractivity contribution is 0.0635. The zero-order valence-electron chi connectivity index (χ0n) is 21.1. The quantitative estimate of drug-likeness (QED) is 0.329. The van der Waals surface area contributed by atoms with Gasteiger partial charge in [-0.1, -0.05) is 11.2 Å². The highest BCUT2D eigenvalue weighted by molar-refractivity contribution is 5.84. The van der Waals surface area contributed by atoms with Crippen LogP contribution in [0.15, 0.2) is 47.1 Å². The summed E-state index contributed by atoms with van der Waals surface area (Å²) in [6, 6.07) is 10.9. The van der Waals surface area contributed by atoms with Crippen molar-refractivity contribution in [3.63, 3.8) is 0 Å². The number of carbonyl (C=O) groups excluding carboxylic acids is 1. The van der Waals surface area contributed by atoms with Gasteiger partial charge in [-0.05, 0) is 52.7 Å². The van der Waals surface area contributed by atoms with Crippen LogP contribution in [0.5, 0.6) is 0 Å². The number of aromatic amines is 1. The number of nitrogens with zero attached hydrogens (tertiary/aromatic N) is 6. The first-order valence-electron chi connectivity index (χ1n) is 12.1. The predicted molar refractivity (Wildman–Crippen MR) is 138 cm³/mol. The van der Waals surface area contributed by atoms with Crippen LogP contribution in [0.25, 0.3) is 11.4 Å². The van der Waals surface area contributed by atoms with Gasteiger partial charge >= 0.3 is 6.09 Å². The molecule has 0 radical (unpaired) electrons. The maximum absolute atomic E-state index is 12.5. The highest BCUT2D eigenvalue weighted by atomic mass is 16.6. The first kappa shape index (κ1) is 24.2. The maximum atomic E-state index is 12.5. The monoisotopic (exact) mass is 503 g/mol. The Balaban J connectivity index is 1.44. The van der Waals surface area contributed by atoms with Crippen molar-refractivity contribution in [3.8, 4) is 11.4 Å². The molecule has 5 rings (SSSR count). The van der Waals surface area contributed by atoms with Gasteiger partial charge in [-0.25, -0.2) is 4.79 Å². The molecule has 1 amide bonds. The zero-order valence-corrected chi connectivity index (χ0v) is 21.1. The van der Waals surface area contributed by atoms with E-state index < -0.39 is 11.7 Å². The lowest BCUT2D eigenvalue weighted by atomic mass is 10.1. The number of nitrogens with one attached hydrogen (secondary N) is 3. The van der Waals surface area contributed by atoms with Gasteiger partial charge < -0.3 is 19.5 Å². The van der Waals surface area contributed by atoms with Crippen LogP contribution < -0.4 is 15.5 Å². The number of ether oxygens (including phenoxy) is 1. The van der Waals surface area contributed by atoms with Gasteiger partial charge in [0, 0.05) is 36.6 Å². The number of anilines is 4. The number of aromatic nitrogens is 6. The molecule has 1 unspecified atom stereocenters. The maximum Gasteiger partial charge on any atom is 0.413 e. The summed E-state index contributed by atoms with van der Waals surface area (Å²) < 4.78 is 11.1. The largest absolute Gasteiger partial charge is 0.444 e. The van der Waals surface area contributed by atoms with Crippen LogP contribution in [0.4, 0.5) is 28.2 Å². The standard InChI is InChI=1S/C25H29N9O3/c1-15-12-22(32-31-15)27-20-14-21(30-24(35)36-25(2,3)4)29-23(28-20)34-11-7-9-18(34)19-13-17(33-37-19)16-8-5-6-10-26-16/h5-6,8,10,12-14,18H,7,9,11H2,1-4H3,(H3,27,28,29,30,31,32,35). The van der Waals surface area contributed by atoms with E-state index in [1.165, 1.54) is 0 Å². The summed E-state index contributed by atoms with van der Waals surface area (Å²) >= 11 is 0. The summed E-state index contributed by atoms with van der Waals surface area (Å²) in [6.07, 6.45) is 2.87. The van der Waals surface area contributed by atoms with Crippen LogP contribution >= 0.6 is 0 Å². The molecule has 0 saturated carbocycles. The van der Waals surface area contributed by atoms with Gasteiger partial charge in [-0.3, -0.25) is 15.4 Å². The van der Waals surface area contributed by atoms with Gasteiger partial charge in [0.2, 0.25) is 5.95 Å². The molecular formula is C25H29N9O3. The van der Waals surface area contributed by atoms with Gasteiger partial charge in [-0.15, -0.1) is 0 Å². The Labute approximate surface area is 213 Å². The van der Waals surface area contributed by atoms with Crippen LogP contribution in [0, 0.1) is 6.92 Å². The number of hydrogen-bond donors (Lipinski definition) is 3. The average Bonchev–Trinajstić information content (AvgIpc) is 3.59. The molecule has 0 aromatic carbocycles. The number of pyridine rings is 1. The van der Waals surface area contributed by atoms with E-state index in [1.807, 2.05) is 42.2 Å². The van der Waals surface area contributed by atoms with Gasteiger partial charge in [0.15, 0.2) is 11.6 Å². The number of rotatable bonds is 6. The van der Waals surface area contributed by atoms with Crippen molar-refractivity contribution >= 4 is 29.5 Å². The Hall–Kier alpha value is -4.48. The second-order valence-corrected chi connectivity index (χ2v) is 9.81. The number of carbonyl (C=O) groups is 1. The van der Waals surface area contributed by atoms with Crippen LogP contribution in [0.2, 0.25) is 0 Å². The average molecular weight is 504 g/mol. The summed E-state index contributed by atoms with van der Waals surface area (Å²) in [5.41, 5.74) is 1.66. The second-order valence-electron chi connectivity index (χ2n) is 9.81. The smallest absolute Gasteiger partial charge is 0.413 e. The number of amides is 1. The van der Waals surface area contributed by atoms with E-state index in [0.29, 0.717) is 41.4 Å². The minimum Gasteiger partial charge on any atom is -0.444 e. The molecule has 192 valence electrons. The van der Waals surface area contributed by atoms with Gasteiger partial charge in [0.05, 0.1) is 11.7 Å². The predicted octanol–water partition coefficient (Wildman–Crippen LogP) is 4.99. The van der Waals surface area contributed by atoms with Crippen LogP contribution in [-0.2, 0) is 4.74 Å². The first-order chi connectivity index (χ1) is 17.7. The fourth-order valence-electron chi connectivity index (χ4n) is 4.10. The highest BCUT2D eigenvalue weighted by Gasteiger charge is 2.32. The fourth-order valence-corrected chi connectivity index (χ4v) is 4.10. The Morgan fingerprint density at radius 1 is 1.14 bits per heavy atom. The molecule has 0 spiro atoms. The molecule has 12 nitrogen and oxygen atoms in total. The van der Waals surface area contributed by atoms with Crippen molar-refractivity contribution in [2.24, 2.45) is 0 Å². The van der Waals surface area contributed by atoms with Crippen molar-refractivity contribution in [1.29, 1.82) is 0 Å². The van der Waals surface area contributed by atoms with E-state index in [4.69, 9.17) is 14.2 Å². The van der Waals surface area contributed by atoms with Crippen LogP contribution in [0.3, 0.4) is 0 Å². The molecule has 1 aliphatic rings. The van der Waals surface area contributed by atoms with E-state index in [0.717, 1.165) is 24.2 Å². The minimum absolute atomic E-state index is 0.123. The molecule has 1 fully saturated rings. The molecular weight excluding hydrogens is 474 g/mol. The lowest BCUT2D eigenvalue weighted by Gasteiger charge is -2.24. The van der Waals surface area contributed by atoms with Crippen molar-refractivity contribution in [2.45, 2.75) is 52.2 Å². The number of H-pyrrole nitrogens is 1. The Kier molecular flexibility index (Phi) is 6.47. The Morgan fingerprint density at radius 2 is 1.97 bits per heavy atom. The molecule has 5 heterocycles. The third-order valence-corrected chi connectivity index (χ3v) is 5.60. The SMILES string of the molecule is Cc1cc(Nc2cc(NC(=O)OC(C)(C)C)nc(N3CCCC3c3cc(-c4ccccn4)no3)n2)n[nH]1. The molecule has 12 heteroatoms. The van der Waals surface area contributed by atoms with E-state index in [2.05, 4.69) is 36.0 Å². The zero-order chi connectivity index (χ0) is 26.0. The summed E-state index contributed by atoms with van der Waals surface area (Å²) in [7, 11) is 0. The van der Waals surface area contributed by atoms with E-state index in [9.17, 15) is 4.79 Å². The van der Waals surface area contributed by atoms with Gasteiger partial charge in [-0.2, -0.15) is 15.1 Å². The van der Waals surface area contributed by atoms with Crippen LogP contribution in [-0.4, -0.2) is 48.5 Å². The minimum atomic E-state index is -0.648. The summed E-state index contributed by atoms with van der Waals surface area (Å²) in [4.78, 5) is 28.2. The van der Waals surface area contributed by atoms with Crippen LogP contribution in [0.1, 0.15) is 51.1 Å². The first-order valence-corrected chi connectivity index (χ1v) is 12.1. The van der Waals surface area contributed by atoms with E-state index in [1.54, 1.807) is 33.0 Å². The molecule has 0 aliphatic carbocycles. The fraction of sp³-hybridized carbons (Fsp3) is 0.360. The highest BCUT2D eigenvalue weighted by Crippen LogP contribution is 2.37. The molecule has 1 saturated heterocycles. The molecule has 37 heavy (non-hydrogen) atoms. The third-order valence-electron chi connectivity index (χ3n) is 5.60. The van der Waals surface area contributed by atoms with Crippen molar-refractivity contribution in [3.05, 3.63) is 54.0 Å². The van der Waals surface area contributed by atoms with Crippen molar-refractivity contribution in [2.75, 3.05) is 22.1 Å². The summed E-state index contributed by atoms with van der Waals surface area (Å²) in [5.74, 6) is 2.50. The second kappa shape index (κ2) is 9.88. The molecule has 4 aromatic heterocycles. The number of aryl methyl sites for hydroxylation is 1. The molecule has 3 N–H and O–H groups in total. The van der Waals surface area contributed by atoms with E-state index in [-0.39, 0.29) is 6.04 Å². The van der Waals surface area contributed by atoms with Gasteiger partial charge in [0.1, 0.15) is 22.9 Å². The Morgan fingerprint density at radius 3 is 2.70 bits per heavy atom. The summed E-state index contributed by atoms with van der Waals surface area (Å²) in [5, 5.41) is 17.2. The lowest BCUT2D eigenvalue weighted by Crippen LogP contribution is -2.28. The molecule has 4 aromatic rings. The normalized spacial score (nSPS) is 15.6. The molecule has 1 atom stereocenters. The number of hydrogen-bond acceptors (Lipinski definition) is 10. The topological polar surface area (TPSA) is 147 Å². The third kappa shape index (κ3) is 5.85. The van der Waals surface area contributed by atoms with Crippen molar-refractivity contribution < 1.29 is 14.1 Å². The molecule has 1 aliphatic heterocycles. The molecule has 0 bridgehead atoms.